The number of thioether (sulfide) groups is 1. The van der Waals surface area contributed by atoms with Crippen molar-refractivity contribution in [3.63, 3.8) is 0 Å². The maximum atomic E-state index is 10.6. The predicted octanol–water partition coefficient (Wildman–Crippen LogP) is 3.76. The van der Waals surface area contributed by atoms with E-state index in [1.807, 2.05) is 6.92 Å². The molecule has 1 rings (SSSR count). The Labute approximate surface area is 113 Å². The Balaban J connectivity index is 2.97. The van der Waals surface area contributed by atoms with Gasteiger partial charge in [-0.05, 0) is 6.42 Å². The third-order valence-electron chi connectivity index (χ3n) is 2.05. The largest absolute Gasteiger partial charge is 0.396 e. The second-order valence-electron chi connectivity index (χ2n) is 3.44. The monoisotopic (exact) mass is 295 g/mol. The number of benzene rings is 1. The van der Waals surface area contributed by atoms with Gasteiger partial charge in [-0.1, -0.05) is 30.1 Å². The van der Waals surface area contributed by atoms with Gasteiger partial charge >= 0.3 is 0 Å². The quantitative estimate of drug-likeness (QED) is 0.510. The van der Waals surface area contributed by atoms with Gasteiger partial charge in [0.25, 0.3) is 5.69 Å². The van der Waals surface area contributed by atoms with Crippen LogP contribution in [0.3, 0.4) is 0 Å². The molecule has 1 atom stereocenters. The molecule has 0 radical (unpaired) electrons. The highest BCUT2D eigenvalue weighted by molar-refractivity contribution is 8.00. The summed E-state index contributed by atoms with van der Waals surface area (Å²) in [5.74, 6) is 0. The lowest BCUT2D eigenvalue weighted by atomic mass is 10.3. The molecule has 0 aliphatic carbocycles. The molecule has 1 aromatic rings. The van der Waals surface area contributed by atoms with Gasteiger partial charge in [0.1, 0.15) is 0 Å². The summed E-state index contributed by atoms with van der Waals surface area (Å²) in [5.41, 5.74) is -0.126. The Bertz CT molecular complexity index is 405. The molecule has 0 saturated carbocycles. The van der Waals surface area contributed by atoms with Crippen molar-refractivity contribution in [2.75, 3.05) is 6.61 Å². The zero-order valence-corrected chi connectivity index (χ0v) is 11.3. The molecule has 0 spiro atoms. The molecule has 0 heterocycles. The van der Waals surface area contributed by atoms with Crippen molar-refractivity contribution in [1.29, 1.82) is 0 Å². The maximum Gasteiger partial charge on any atom is 0.272 e. The van der Waals surface area contributed by atoms with Gasteiger partial charge in [0.15, 0.2) is 0 Å². The second kappa shape index (κ2) is 6.44. The molecule has 0 aromatic heterocycles. The van der Waals surface area contributed by atoms with E-state index in [-0.39, 0.29) is 27.6 Å². The lowest BCUT2D eigenvalue weighted by Crippen LogP contribution is -1.99. The molecule has 7 heteroatoms. The molecule has 0 aliphatic rings. The third-order valence-corrected chi connectivity index (χ3v) is 4.18. The first kappa shape index (κ1) is 14.6. The summed E-state index contributed by atoms with van der Waals surface area (Å²) in [6.45, 7) is 2.01. The molecule has 0 saturated heterocycles. The Kier molecular flexibility index (Phi) is 5.52. The van der Waals surface area contributed by atoms with Gasteiger partial charge in [0, 0.05) is 28.9 Å². The van der Waals surface area contributed by atoms with Crippen LogP contribution in [0.2, 0.25) is 10.0 Å². The number of non-ortho nitro benzene ring substituents is 1. The van der Waals surface area contributed by atoms with Crippen molar-refractivity contribution in [2.24, 2.45) is 0 Å². The number of nitro groups is 1. The lowest BCUT2D eigenvalue weighted by Gasteiger charge is -2.12. The third kappa shape index (κ3) is 4.03. The van der Waals surface area contributed by atoms with E-state index in [1.54, 1.807) is 0 Å². The van der Waals surface area contributed by atoms with Gasteiger partial charge in [-0.3, -0.25) is 10.1 Å². The van der Waals surface area contributed by atoms with Crippen LogP contribution in [0.15, 0.2) is 17.0 Å². The second-order valence-corrected chi connectivity index (χ2v) is 5.70. The molecular weight excluding hydrogens is 285 g/mol. The van der Waals surface area contributed by atoms with Crippen LogP contribution >= 0.6 is 35.0 Å². The molecule has 0 fully saturated rings. The van der Waals surface area contributed by atoms with Gasteiger partial charge in [-0.2, -0.15) is 0 Å². The van der Waals surface area contributed by atoms with Crippen LogP contribution in [0.4, 0.5) is 5.69 Å². The average Bonchev–Trinajstić information content (AvgIpc) is 2.23. The highest BCUT2D eigenvalue weighted by Gasteiger charge is 2.16. The zero-order valence-electron chi connectivity index (χ0n) is 9.02. The summed E-state index contributed by atoms with van der Waals surface area (Å²) >= 11 is 13.3. The summed E-state index contributed by atoms with van der Waals surface area (Å²) in [6.07, 6.45) is 0.605. The molecule has 1 N–H and O–H groups in total. The van der Waals surface area contributed by atoms with Crippen molar-refractivity contribution in [1.82, 2.24) is 0 Å². The molecule has 94 valence electrons. The van der Waals surface area contributed by atoms with E-state index in [0.29, 0.717) is 11.3 Å². The highest BCUT2D eigenvalue weighted by Crippen LogP contribution is 2.39. The van der Waals surface area contributed by atoms with Gasteiger partial charge in [-0.15, -0.1) is 11.8 Å². The topological polar surface area (TPSA) is 63.4 Å². The van der Waals surface area contributed by atoms with E-state index in [9.17, 15) is 10.1 Å². The van der Waals surface area contributed by atoms with E-state index in [4.69, 9.17) is 28.3 Å². The minimum atomic E-state index is -0.538. The van der Waals surface area contributed by atoms with E-state index in [1.165, 1.54) is 23.9 Å². The minimum Gasteiger partial charge on any atom is -0.396 e. The first-order valence-electron chi connectivity index (χ1n) is 4.86. The highest BCUT2D eigenvalue weighted by atomic mass is 35.5. The smallest absolute Gasteiger partial charge is 0.272 e. The predicted molar refractivity (Wildman–Crippen MR) is 70.1 cm³/mol. The maximum absolute atomic E-state index is 10.6. The fourth-order valence-corrected chi connectivity index (χ4v) is 2.92. The van der Waals surface area contributed by atoms with Gasteiger partial charge in [0.2, 0.25) is 0 Å². The number of halogens is 2. The standard InChI is InChI=1S/C10H11Cl2NO3S/c1-6(2-3-14)17-10-8(11)4-7(13(15)16)5-9(10)12/h4-6,14H,2-3H2,1H3. The van der Waals surface area contributed by atoms with E-state index in [2.05, 4.69) is 0 Å². The van der Waals surface area contributed by atoms with Crippen molar-refractivity contribution in [3.05, 3.63) is 32.3 Å². The van der Waals surface area contributed by atoms with Gasteiger partial charge < -0.3 is 5.11 Å². The number of hydrogen-bond donors (Lipinski definition) is 1. The summed E-state index contributed by atoms with van der Waals surface area (Å²) in [7, 11) is 0. The Morgan fingerprint density at radius 2 is 2.00 bits per heavy atom. The first-order chi connectivity index (χ1) is 7.95. The van der Waals surface area contributed by atoms with Crippen LogP contribution < -0.4 is 0 Å². The zero-order chi connectivity index (χ0) is 13.0. The normalized spacial score (nSPS) is 12.5. The van der Waals surface area contributed by atoms with Gasteiger partial charge in [0.05, 0.1) is 15.0 Å². The number of nitrogens with zero attached hydrogens (tertiary/aromatic N) is 1. The molecule has 1 unspecified atom stereocenters. The van der Waals surface area contributed by atoms with Crippen molar-refractivity contribution in [2.45, 2.75) is 23.5 Å². The number of aliphatic hydroxyl groups excluding tert-OH is 1. The van der Waals surface area contributed by atoms with Crippen molar-refractivity contribution in [3.8, 4) is 0 Å². The van der Waals surface area contributed by atoms with Crippen LogP contribution in [-0.4, -0.2) is 21.9 Å². The van der Waals surface area contributed by atoms with Crippen molar-refractivity contribution < 1.29 is 10.0 Å². The van der Waals surface area contributed by atoms with Crippen LogP contribution in [0.25, 0.3) is 0 Å². The molecule has 4 nitrogen and oxygen atoms in total. The average molecular weight is 296 g/mol. The fourth-order valence-electron chi connectivity index (χ4n) is 1.21. The number of aliphatic hydroxyl groups is 1. The Morgan fingerprint density at radius 1 is 1.47 bits per heavy atom. The van der Waals surface area contributed by atoms with E-state index < -0.39 is 4.92 Å². The molecule has 1 aromatic carbocycles. The van der Waals surface area contributed by atoms with Crippen LogP contribution in [0.1, 0.15) is 13.3 Å². The Morgan fingerprint density at radius 3 is 2.41 bits per heavy atom. The molecule has 0 aliphatic heterocycles. The molecule has 0 amide bonds. The number of rotatable bonds is 5. The van der Waals surface area contributed by atoms with Gasteiger partial charge in [-0.25, -0.2) is 0 Å². The number of hydrogen-bond acceptors (Lipinski definition) is 4. The van der Waals surface area contributed by atoms with E-state index >= 15 is 0 Å². The summed E-state index contributed by atoms with van der Waals surface area (Å²) < 4.78 is 0. The first-order valence-corrected chi connectivity index (χ1v) is 6.50. The number of nitro benzene ring substituents is 1. The SMILES string of the molecule is CC(CCO)Sc1c(Cl)cc([N+](=O)[O-])cc1Cl. The fraction of sp³-hybridized carbons (Fsp3) is 0.400. The molecular formula is C10H11Cl2NO3S. The Hall–Kier alpha value is -0.490. The van der Waals surface area contributed by atoms with Crippen LogP contribution in [0, 0.1) is 10.1 Å². The van der Waals surface area contributed by atoms with Crippen LogP contribution in [-0.2, 0) is 0 Å². The summed E-state index contributed by atoms with van der Waals surface area (Å²) in [4.78, 5) is 10.7. The molecule has 17 heavy (non-hydrogen) atoms. The summed E-state index contributed by atoms with van der Waals surface area (Å²) in [6, 6.07) is 2.56. The minimum absolute atomic E-state index is 0.0797. The molecule has 0 bridgehead atoms. The lowest BCUT2D eigenvalue weighted by molar-refractivity contribution is -0.384. The van der Waals surface area contributed by atoms with Crippen LogP contribution in [0.5, 0.6) is 0 Å². The van der Waals surface area contributed by atoms with Crippen molar-refractivity contribution >= 4 is 40.7 Å². The van der Waals surface area contributed by atoms with E-state index in [0.717, 1.165) is 0 Å². The summed E-state index contributed by atoms with van der Waals surface area (Å²) in [5, 5.41) is 20.1.